The summed E-state index contributed by atoms with van der Waals surface area (Å²) in [7, 11) is 0. The van der Waals surface area contributed by atoms with Crippen LogP contribution < -0.4 is 0 Å². The molecule has 0 atom stereocenters. The van der Waals surface area contributed by atoms with Gasteiger partial charge in [0.2, 0.25) is 0 Å². The van der Waals surface area contributed by atoms with Crippen LogP contribution in [0.25, 0.3) is 31.2 Å². The van der Waals surface area contributed by atoms with Gasteiger partial charge in [-0.3, -0.25) is 0 Å². The van der Waals surface area contributed by atoms with Crippen LogP contribution in [0.4, 0.5) is 0 Å². The van der Waals surface area contributed by atoms with Crippen molar-refractivity contribution >= 4 is 54.9 Å². The van der Waals surface area contributed by atoms with Gasteiger partial charge < -0.3 is 4.42 Å². The summed E-state index contributed by atoms with van der Waals surface area (Å²) in [6.07, 6.45) is 0. The van der Waals surface area contributed by atoms with E-state index in [1.165, 1.54) is 9.40 Å². The van der Waals surface area contributed by atoms with Gasteiger partial charge in [0.15, 0.2) is 20.2 Å². The first-order valence-electron chi connectivity index (χ1n) is 7.34. The lowest BCUT2D eigenvalue weighted by Gasteiger charge is -1.91. The van der Waals surface area contributed by atoms with E-state index in [1.807, 2.05) is 48.5 Å². The second-order valence-electron chi connectivity index (χ2n) is 5.15. The maximum Gasteiger partial charge on any atom is 0.168 e. The number of fused-ring (bicyclic) bond motifs is 2. The van der Waals surface area contributed by atoms with E-state index in [0.717, 1.165) is 31.2 Å². The van der Waals surface area contributed by atoms with Gasteiger partial charge in [-0.2, -0.15) is 0 Å². The summed E-state index contributed by atoms with van der Waals surface area (Å²) in [4.78, 5) is 9.27. The Morgan fingerprint density at radius 1 is 0.750 bits per heavy atom. The van der Waals surface area contributed by atoms with Gasteiger partial charge in [-0.25, -0.2) is 9.97 Å². The smallest absolute Gasteiger partial charge is 0.168 e. The Hall–Kier alpha value is -2.15. The number of furan rings is 1. The summed E-state index contributed by atoms with van der Waals surface area (Å²) in [6.45, 7) is 0. The van der Waals surface area contributed by atoms with E-state index in [-0.39, 0.29) is 0 Å². The zero-order chi connectivity index (χ0) is 15.9. The van der Waals surface area contributed by atoms with E-state index in [0.29, 0.717) is 0 Å². The third-order valence-electron chi connectivity index (χ3n) is 3.55. The SMILES string of the molecule is c1ccc2sc(Sc3ccc(-c4nc5ccccc5s4)o3)nc2c1. The number of hydrogen-bond donors (Lipinski definition) is 0. The highest BCUT2D eigenvalue weighted by Gasteiger charge is 2.12. The van der Waals surface area contributed by atoms with E-state index < -0.39 is 0 Å². The van der Waals surface area contributed by atoms with Gasteiger partial charge in [0, 0.05) is 0 Å². The van der Waals surface area contributed by atoms with E-state index in [2.05, 4.69) is 22.1 Å². The average molecular weight is 366 g/mol. The molecule has 0 aliphatic heterocycles. The first-order chi connectivity index (χ1) is 11.8. The third-order valence-corrected chi connectivity index (χ3v) is 6.62. The third kappa shape index (κ3) is 2.53. The molecular formula is C18H10N2OS3. The molecule has 0 saturated carbocycles. The van der Waals surface area contributed by atoms with Gasteiger partial charge in [-0.1, -0.05) is 24.3 Å². The molecule has 24 heavy (non-hydrogen) atoms. The maximum absolute atomic E-state index is 5.98. The predicted octanol–water partition coefficient (Wildman–Crippen LogP) is 6.32. The van der Waals surface area contributed by atoms with Crippen molar-refractivity contribution in [1.29, 1.82) is 0 Å². The lowest BCUT2D eigenvalue weighted by Crippen LogP contribution is -1.70. The minimum atomic E-state index is 0.805. The predicted molar refractivity (Wildman–Crippen MR) is 101 cm³/mol. The fourth-order valence-electron chi connectivity index (χ4n) is 2.45. The quantitative estimate of drug-likeness (QED) is 0.375. The molecule has 5 rings (SSSR count). The zero-order valence-corrected chi connectivity index (χ0v) is 14.8. The van der Waals surface area contributed by atoms with Crippen molar-refractivity contribution in [2.45, 2.75) is 9.43 Å². The largest absolute Gasteiger partial charge is 0.447 e. The van der Waals surface area contributed by atoms with Gasteiger partial charge in [-0.15, -0.1) is 22.7 Å². The summed E-state index contributed by atoms with van der Waals surface area (Å²) in [5.41, 5.74) is 2.04. The molecule has 3 aromatic heterocycles. The number of para-hydroxylation sites is 2. The lowest BCUT2D eigenvalue weighted by molar-refractivity contribution is 0.488. The first-order valence-corrected chi connectivity index (χ1v) is 9.79. The molecule has 2 aromatic carbocycles. The standard InChI is InChI=1S/C18H10N2OS3/c1-3-7-14-11(5-1)19-17(22-14)13-9-10-16(21-13)24-18-20-12-6-2-4-8-15(12)23-18/h1-10H. The van der Waals surface area contributed by atoms with E-state index in [9.17, 15) is 0 Å². The topological polar surface area (TPSA) is 38.9 Å². The molecule has 0 unspecified atom stereocenters. The summed E-state index contributed by atoms with van der Waals surface area (Å²) < 4.78 is 9.33. The number of hydrogen-bond acceptors (Lipinski definition) is 6. The maximum atomic E-state index is 5.98. The Morgan fingerprint density at radius 3 is 2.21 bits per heavy atom. The van der Waals surface area contributed by atoms with Crippen LogP contribution in [0, 0.1) is 0 Å². The second kappa shape index (κ2) is 5.73. The van der Waals surface area contributed by atoms with E-state index in [1.54, 1.807) is 34.4 Å². The first kappa shape index (κ1) is 14.2. The minimum absolute atomic E-state index is 0.805. The van der Waals surface area contributed by atoms with Gasteiger partial charge in [-0.05, 0) is 48.2 Å². The molecular weight excluding hydrogens is 356 g/mol. The Labute approximate surface area is 150 Å². The van der Waals surface area contributed by atoms with Crippen LogP contribution in [0.1, 0.15) is 0 Å². The van der Waals surface area contributed by atoms with Crippen LogP contribution in [-0.4, -0.2) is 9.97 Å². The number of nitrogens with zero attached hydrogens (tertiary/aromatic N) is 2. The van der Waals surface area contributed by atoms with Crippen molar-refractivity contribution in [3.8, 4) is 10.8 Å². The molecule has 0 bridgehead atoms. The van der Waals surface area contributed by atoms with Crippen LogP contribution >= 0.6 is 34.4 Å². The Morgan fingerprint density at radius 2 is 1.46 bits per heavy atom. The van der Waals surface area contributed by atoms with Gasteiger partial charge in [0.05, 0.1) is 20.4 Å². The van der Waals surface area contributed by atoms with Crippen LogP contribution in [0.15, 0.2) is 74.5 Å². The summed E-state index contributed by atoms with van der Waals surface area (Å²) >= 11 is 4.88. The Balaban J connectivity index is 1.46. The highest BCUT2D eigenvalue weighted by atomic mass is 32.2. The normalized spacial score (nSPS) is 11.5. The summed E-state index contributed by atoms with van der Waals surface area (Å²) in [5, 5.41) is 1.75. The molecule has 0 N–H and O–H groups in total. The molecule has 0 aliphatic carbocycles. The minimum Gasteiger partial charge on any atom is -0.447 e. The van der Waals surface area contributed by atoms with Crippen molar-refractivity contribution in [1.82, 2.24) is 9.97 Å². The molecule has 0 saturated heterocycles. The van der Waals surface area contributed by atoms with Crippen LogP contribution in [0.5, 0.6) is 0 Å². The van der Waals surface area contributed by atoms with Crippen LogP contribution in [0.2, 0.25) is 0 Å². The Kier molecular flexibility index (Phi) is 3.40. The molecule has 116 valence electrons. The van der Waals surface area contributed by atoms with Gasteiger partial charge in [0.25, 0.3) is 0 Å². The second-order valence-corrected chi connectivity index (χ2v) is 8.47. The molecule has 3 nitrogen and oxygen atoms in total. The fourth-order valence-corrected chi connectivity index (χ4v) is 5.34. The highest BCUT2D eigenvalue weighted by Crippen LogP contribution is 2.38. The molecule has 0 radical (unpaired) electrons. The molecule has 0 spiro atoms. The summed E-state index contributed by atoms with van der Waals surface area (Å²) in [6, 6.07) is 20.3. The van der Waals surface area contributed by atoms with E-state index >= 15 is 0 Å². The summed E-state index contributed by atoms with van der Waals surface area (Å²) in [5.74, 6) is 0.805. The van der Waals surface area contributed by atoms with Crippen molar-refractivity contribution in [3.63, 3.8) is 0 Å². The molecule has 0 aliphatic rings. The molecule has 3 heterocycles. The van der Waals surface area contributed by atoms with Crippen molar-refractivity contribution in [2.75, 3.05) is 0 Å². The highest BCUT2D eigenvalue weighted by molar-refractivity contribution is 8.01. The molecule has 6 heteroatoms. The van der Waals surface area contributed by atoms with Crippen molar-refractivity contribution < 1.29 is 4.42 Å². The molecule has 0 fully saturated rings. The van der Waals surface area contributed by atoms with Crippen LogP contribution in [-0.2, 0) is 0 Å². The number of benzene rings is 2. The number of rotatable bonds is 3. The zero-order valence-electron chi connectivity index (χ0n) is 12.3. The number of aromatic nitrogens is 2. The fraction of sp³-hybridized carbons (Fsp3) is 0. The van der Waals surface area contributed by atoms with Crippen LogP contribution in [0.3, 0.4) is 0 Å². The molecule has 0 amide bonds. The van der Waals surface area contributed by atoms with Crippen molar-refractivity contribution in [2.24, 2.45) is 0 Å². The number of thiazole rings is 2. The molecule has 5 aromatic rings. The van der Waals surface area contributed by atoms with Crippen molar-refractivity contribution in [3.05, 3.63) is 60.7 Å². The monoisotopic (exact) mass is 366 g/mol. The van der Waals surface area contributed by atoms with Gasteiger partial charge >= 0.3 is 0 Å². The average Bonchev–Trinajstić information content (AvgIpc) is 3.31. The van der Waals surface area contributed by atoms with E-state index in [4.69, 9.17) is 4.42 Å². The van der Waals surface area contributed by atoms with Gasteiger partial charge in [0.1, 0.15) is 0 Å². The Bertz CT molecular complexity index is 1090. The lowest BCUT2D eigenvalue weighted by atomic mass is 10.3.